The number of rotatable bonds is 5. The van der Waals surface area contributed by atoms with Crippen LogP contribution < -0.4 is 0 Å². The van der Waals surface area contributed by atoms with Gasteiger partial charge in [0.1, 0.15) is 0 Å². The molecule has 0 aliphatic heterocycles. The molecule has 2 heterocycles. The van der Waals surface area contributed by atoms with E-state index in [9.17, 15) is 0 Å². The first kappa shape index (κ1) is 32.7. The number of thiophene rings is 1. The summed E-state index contributed by atoms with van der Waals surface area (Å²) in [5.74, 6) is 0.713. The molecule has 10 aromatic rings. The lowest BCUT2D eigenvalue weighted by Gasteiger charge is -2.22. The Morgan fingerprint density at radius 1 is 0.393 bits per heavy atom. The molecule has 0 fully saturated rings. The van der Waals surface area contributed by atoms with Crippen LogP contribution in [0.2, 0.25) is 0 Å². The summed E-state index contributed by atoms with van der Waals surface area (Å²) in [5, 5.41) is 5.04. The average molecular weight is 733 g/mol. The van der Waals surface area contributed by atoms with Crippen LogP contribution in [0.3, 0.4) is 0 Å². The van der Waals surface area contributed by atoms with Gasteiger partial charge in [-0.15, -0.1) is 11.3 Å². The first-order valence-electron chi connectivity index (χ1n) is 19.2. The van der Waals surface area contributed by atoms with Crippen molar-refractivity contribution in [2.45, 2.75) is 19.3 Å². The molecule has 0 N–H and O–H groups in total. The second-order valence-corrected chi connectivity index (χ2v) is 16.4. The van der Waals surface area contributed by atoms with Crippen LogP contribution in [0.4, 0.5) is 0 Å². The van der Waals surface area contributed by atoms with E-state index >= 15 is 0 Å². The smallest absolute Gasteiger partial charge is 0.160 e. The van der Waals surface area contributed by atoms with Gasteiger partial charge < -0.3 is 0 Å². The van der Waals surface area contributed by atoms with Gasteiger partial charge in [0.25, 0.3) is 0 Å². The van der Waals surface area contributed by atoms with Crippen molar-refractivity contribution < 1.29 is 0 Å². The molecule has 8 aromatic carbocycles. The lowest BCUT2D eigenvalue weighted by atomic mass is 9.82. The Kier molecular flexibility index (Phi) is 7.42. The van der Waals surface area contributed by atoms with E-state index in [1.165, 1.54) is 69.9 Å². The predicted molar refractivity (Wildman–Crippen MR) is 237 cm³/mol. The van der Waals surface area contributed by atoms with Crippen molar-refractivity contribution in [1.29, 1.82) is 0 Å². The molecular formula is C53H36N2S. The van der Waals surface area contributed by atoms with E-state index in [-0.39, 0.29) is 5.41 Å². The maximum Gasteiger partial charge on any atom is 0.160 e. The summed E-state index contributed by atoms with van der Waals surface area (Å²) in [5.41, 5.74) is 14.9. The molecule has 0 amide bonds. The zero-order valence-electron chi connectivity index (χ0n) is 31.1. The fraction of sp³-hybridized carbons (Fsp3) is 0.0566. The molecule has 2 aromatic heterocycles. The Labute approximate surface area is 330 Å². The van der Waals surface area contributed by atoms with Gasteiger partial charge in [-0.2, -0.15) is 0 Å². The van der Waals surface area contributed by atoms with Crippen LogP contribution in [-0.4, -0.2) is 9.97 Å². The number of hydrogen-bond acceptors (Lipinski definition) is 3. The Bertz CT molecular complexity index is 3170. The number of fused-ring (bicyclic) bond motifs is 7. The van der Waals surface area contributed by atoms with Crippen molar-refractivity contribution in [3.63, 3.8) is 0 Å². The first-order chi connectivity index (χ1) is 27.5. The summed E-state index contributed by atoms with van der Waals surface area (Å²) in [4.78, 5) is 10.6. The van der Waals surface area contributed by atoms with Crippen LogP contribution in [0.1, 0.15) is 25.0 Å². The van der Waals surface area contributed by atoms with Gasteiger partial charge in [0.2, 0.25) is 0 Å². The van der Waals surface area contributed by atoms with Gasteiger partial charge in [-0.1, -0.05) is 159 Å². The van der Waals surface area contributed by atoms with Gasteiger partial charge in [-0.25, -0.2) is 9.97 Å². The summed E-state index contributed by atoms with van der Waals surface area (Å²) in [6.45, 7) is 4.67. The molecule has 1 aliphatic carbocycles. The molecule has 11 rings (SSSR count). The summed E-state index contributed by atoms with van der Waals surface area (Å²) >= 11 is 1.87. The Morgan fingerprint density at radius 3 is 1.88 bits per heavy atom. The predicted octanol–water partition coefficient (Wildman–Crippen LogP) is 14.6. The zero-order valence-corrected chi connectivity index (χ0v) is 31.9. The summed E-state index contributed by atoms with van der Waals surface area (Å²) in [7, 11) is 0. The Morgan fingerprint density at radius 2 is 1.00 bits per heavy atom. The molecule has 0 atom stereocenters. The molecule has 0 bridgehead atoms. The minimum atomic E-state index is -0.116. The SMILES string of the molecule is CC1(C)c2ccccc2-c2ccc(-c3cc(-c4cc(-c5cccc6ccccc56)cc(-c5cccc6c5sc5ccccc56)c4)nc(-c4ccccc4)n3)cc21. The van der Waals surface area contributed by atoms with E-state index in [0.717, 1.165) is 33.6 Å². The van der Waals surface area contributed by atoms with Crippen LogP contribution in [0.15, 0.2) is 182 Å². The monoisotopic (exact) mass is 732 g/mol. The lowest BCUT2D eigenvalue weighted by molar-refractivity contribution is 0.660. The van der Waals surface area contributed by atoms with Crippen molar-refractivity contribution in [2.75, 3.05) is 0 Å². The molecule has 264 valence electrons. The van der Waals surface area contributed by atoms with Gasteiger partial charge in [0, 0.05) is 42.3 Å². The van der Waals surface area contributed by atoms with E-state index in [2.05, 4.69) is 190 Å². The van der Waals surface area contributed by atoms with Gasteiger partial charge in [0.15, 0.2) is 5.82 Å². The fourth-order valence-electron chi connectivity index (χ4n) is 8.86. The second-order valence-electron chi connectivity index (χ2n) is 15.4. The second kappa shape index (κ2) is 12.7. The number of aromatic nitrogens is 2. The van der Waals surface area contributed by atoms with Crippen LogP contribution in [0.25, 0.3) is 98.2 Å². The van der Waals surface area contributed by atoms with Crippen molar-refractivity contribution in [3.8, 4) is 67.3 Å². The van der Waals surface area contributed by atoms with E-state index in [1.807, 2.05) is 17.4 Å². The molecule has 0 unspecified atom stereocenters. The van der Waals surface area contributed by atoms with Crippen molar-refractivity contribution in [3.05, 3.63) is 193 Å². The summed E-state index contributed by atoms with van der Waals surface area (Å²) in [6.07, 6.45) is 0. The highest BCUT2D eigenvalue weighted by molar-refractivity contribution is 7.26. The van der Waals surface area contributed by atoms with E-state index in [1.54, 1.807) is 0 Å². The maximum absolute atomic E-state index is 5.35. The average Bonchev–Trinajstić information content (AvgIpc) is 3.75. The lowest BCUT2D eigenvalue weighted by Crippen LogP contribution is -2.14. The molecule has 0 spiro atoms. The standard InChI is InChI=1S/C53H36N2S/c1-53(2)46-24-10-8-19-42(46)43-27-26-35(31-47(43)53)48-32-49(55-52(54-48)34-15-4-3-5-16-34)38-29-36(40-21-12-17-33-14-6-7-18-39(33)40)28-37(30-38)41-22-13-23-45-44-20-9-11-25-50(44)56-51(41)45/h3-32H,1-2H3. The van der Waals surface area contributed by atoms with Crippen LogP contribution in [0.5, 0.6) is 0 Å². The Balaban J connectivity index is 1.16. The Hall–Kier alpha value is -6.68. The topological polar surface area (TPSA) is 25.8 Å². The minimum absolute atomic E-state index is 0.116. The van der Waals surface area contributed by atoms with Crippen molar-refractivity contribution >= 4 is 42.3 Å². The highest BCUT2D eigenvalue weighted by Crippen LogP contribution is 2.50. The molecule has 2 nitrogen and oxygen atoms in total. The molecule has 56 heavy (non-hydrogen) atoms. The van der Waals surface area contributed by atoms with Gasteiger partial charge in [0.05, 0.1) is 11.4 Å². The molecular weight excluding hydrogens is 697 g/mol. The number of nitrogens with zero attached hydrogens (tertiary/aromatic N) is 2. The van der Waals surface area contributed by atoms with E-state index in [4.69, 9.17) is 9.97 Å². The maximum atomic E-state index is 5.35. The van der Waals surface area contributed by atoms with Crippen LogP contribution in [0, 0.1) is 0 Å². The molecule has 1 aliphatic rings. The third kappa shape index (κ3) is 5.23. The highest BCUT2D eigenvalue weighted by Gasteiger charge is 2.35. The first-order valence-corrected chi connectivity index (χ1v) is 20.0. The molecule has 0 saturated heterocycles. The van der Waals surface area contributed by atoms with Gasteiger partial charge >= 0.3 is 0 Å². The van der Waals surface area contributed by atoms with Gasteiger partial charge in [-0.05, 0) is 91.7 Å². The van der Waals surface area contributed by atoms with E-state index < -0.39 is 0 Å². The summed E-state index contributed by atoms with van der Waals surface area (Å²) < 4.78 is 2.60. The van der Waals surface area contributed by atoms with Gasteiger partial charge in [-0.3, -0.25) is 0 Å². The molecule has 3 heteroatoms. The normalized spacial score (nSPS) is 13.0. The van der Waals surface area contributed by atoms with Crippen LogP contribution in [-0.2, 0) is 5.41 Å². The third-order valence-electron chi connectivity index (χ3n) is 11.7. The largest absolute Gasteiger partial charge is 0.228 e. The summed E-state index contributed by atoms with van der Waals surface area (Å²) in [6, 6.07) is 66.0. The quantitative estimate of drug-likeness (QED) is 0.176. The van der Waals surface area contributed by atoms with Crippen LogP contribution >= 0.6 is 11.3 Å². The molecule has 0 saturated carbocycles. The highest BCUT2D eigenvalue weighted by atomic mass is 32.1. The zero-order chi connectivity index (χ0) is 37.4. The van der Waals surface area contributed by atoms with Crippen molar-refractivity contribution in [2.24, 2.45) is 0 Å². The third-order valence-corrected chi connectivity index (χ3v) is 12.9. The number of benzene rings is 8. The fourth-order valence-corrected chi connectivity index (χ4v) is 10.1. The number of hydrogen-bond donors (Lipinski definition) is 0. The van der Waals surface area contributed by atoms with E-state index in [0.29, 0.717) is 5.82 Å². The minimum Gasteiger partial charge on any atom is -0.228 e. The van der Waals surface area contributed by atoms with Crippen molar-refractivity contribution in [1.82, 2.24) is 9.97 Å². The molecule has 0 radical (unpaired) electrons.